The van der Waals surface area contributed by atoms with Crippen LogP contribution in [0.4, 0.5) is 5.69 Å². The zero-order valence-electron chi connectivity index (χ0n) is 23.3. The van der Waals surface area contributed by atoms with Crippen molar-refractivity contribution >= 4 is 50.3 Å². The molecule has 0 aliphatic heterocycles. The van der Waals surface area contributed by atoms with Gasteiger partial charge in [0.25, 0.3) is 0 Å². The van der Waals surface area contributed by atoms with Crippen LogP contribution < -0.4 is 10.6 Å². The normalized spacial score (nSPS) is 12.1. The maximum Gasteiger partial charge on any atom is 0.247 e. The van der Waals surface area contributed by atoms with Crippen molar-refractivity contribution in [2.45, 2.75) is 18.4 Å². The van der Waals surface area contributed by atoms with E-state index in [1.165, 1.54) is 0 Å². The van der Waals surface area contributed by atoms with Crippen molar-refractivity contribution in [2.75, 3.05) is 5.32 Å². The third-order valence-electron chi connectivity index (χ3n) is 7.91. The van der Waals surface area contributed by atoms with Crippen molar-refractivity contribution in [3.05, 3.63) is 150 Å². The summed E-state index contributed by atoms with van der Waals surface area (Å²) in [5, 5.41) is 9.16. The molecule has 2 amide bonds. The van der Waals surface area contributed by atoms with Crippen LogP contribution in [-0.2, 0) is 16.0 Å². The largest absolute Gasteiger partial charge is 0.456 e. The fourth-order valence-corrected chi connectivity index (χ4v) is 5.80. The number of carbonyl (C=O) groups excluding carboxylic acids is 2. The van der Waals surface area contributed by atoms with E-state index in [9.17, 15) is 9.59 Å². The fourth-order valence-electron chi connectivity index (χ4n) is 5.80. The number of hydrogen-bond acceptors (Lipinski definition) is 3. The van der Waals surface area contributed by atoms with E-state index in [0.29, 0.717) is 17.7 Å². The number of H-pyrrole nitrogens is 1. The van der Waals surface area contributed by atoms with Gasteiger partial charge in [0, 0.05) is 46.0 Å². The maximum atomic E-state index is 14.1. The first-order valence-corrected chi connectivity index (χ1v) is 14.3. The number of rotatable bonds is 8. The van der Waals surface area contributed by atoms with Crippen molar-refractivity contribution in [1.82, 2.24) is 10.3 Å². The molecule has 0 aliphatic rings. The van der Waals surface area contributed by atoms with E-state index in [2.05, 4.69) is 15.6 Å². The highest BCUT2D eigenvalue weighted by atomic mass is 16.3. The first-order chi connectivity index (χ1) is 21.1. The minimum absolute atomic E-state index is 0.245. The number of aromatic nitrogens is 1. The number of anilines is 1. The fraction of sp³-hybridized carbons (Fsp3) is 0.0811. The van der Waals surface area contributed by atoms with Gasteiger partial charge in [-0.1, -0.05) is 97.1 Å². The SMILES string of the molecule is O=C(N[C@@H](Cc1c[nH]c2ccccc12)C(=O)Nc1ccc2c(c1)oc1ccccc12)C(c1ccccc1)c1ccccc1. The van der Waals surface area contributed by atoms with Gasteiger partial charge >= 0.3 is 0 Å². The lowest BCUT2D eigenvalue weighted by Gasteiger charge is -2.23. The second-order valence-electron chi connectivity index (χ2n) is 10.7. The summed E-state index contributed by atoms with van der Waals surface area (Å²) >= 11 is 0. The van der Waals surface area contributed by atoms with E-state index < -0.39 is 12.0 Å². The summed E-state index contributed by atoms with van der Waals surface area (Å²) in [6.07, 6.45) is 2.22. The number of hydrogen-bond donors (Lipinski definition) is 3. The summed E-state index contributed by atoms with van der Waals surface area (Å²) in [6.45, 7) is 0. The molecule has 0 radical (unpaired) electrons. The average molecular weight is 564 g/mol. The smallest absolute Gasteiger partial charge is 0.247 e. The summed E-state index contributed by atoms with van der Waals surface area (Å²) in [4.78, 5) is 31.3. The predicted molar refractivity (Wildman–Crippen MR) is 171 cm³/mol. The van der Waals surface area contributed by atoms with Gasteiger partial charge in [-0.15, -0.1) is 0 Å². The molecule has 0 saturated heterocycles. The van der Waals surface area contributed by atoms with Gasteiger partial charge in [-0.05, 0) is 41.0 Å². The molecule has 0 fully saturated rings. The molecule has 0 aliphatic carbocycles. The van der Waals surface area contributed by atoms with Gasteiger partial charge in [-0.2, -0.15) is 0 Å². The Balaban J connectivity index is 1.22. The monoisotopic (exact) mass is 563 g/mol. The molecule has 0 saturated carbocycles. The van der Waals surface area contributed by atoms with Crippen LogP contribution in [0.25, 0.3) is 32.8 Å². The molecule has 7 aromatic rings. The van der Waals surface area contributed by atoms with Crippen LogP contribution in [0.2, 0.25) is 0 Å². The molecule has 7 rings (SSSR count). The van der Waals surface area contributed by atoms with E-state index in [0.717, 1.165) is 43.9 Å². The molecular weight excluding hydrogens is 534 g/mol. The summed E-state index contributed by atoms with van der Waals surface area (Å²) in [6, 6.07) is 39.9. The van der Waals surface area contributed by atoms with Crippen LogP contribution >= 0.6 is 0 Å². The summed E-state index contributed by atoms with van der Waals surface area (Å²) in [5.41, 5.74) is 5.70. The Bertz CT molecular complexity index is 2020. The van der Waals surface area contributed by atoms with Crippen molar-refractivity contribution < 1.29 is 14.0 Å². The Morgan fingerprint density at radius 2 is 1.28 bits per heavy atom. The van der Waals surface area contributed by atoms with Crippen LogP contribution in [0, 0.1) is 0 Å². The van der Waals surface area contributed by atoms with Crippen LogP contribution in [0.1, 0.15) is 22.6 Å². The molecule has 5 aromatic carbocycles. The standard InChI is InChI=1S/C37H29N3O3/c41-36(39-27-19-20-30-29-16-8-10-18-33(29)43-34(30)22-27)32(21-26-23-38-31-17-9-7-15-28(26)31)40-37(42)35(24-11-3-1-4-12-24)25-13-5-2-6-14-25/h1-20,22-23,32,35,38H,21H2,(H,39,41)(H,40,42)/t32-/m0/s1. The average Bonchev–Trinajstić information content (AvgIpc) is 3.62. The Morgan fingerprint density at radius 3 is 2.02 bits per heavy atom. The first-order valence-electron chi connectivity index (χ1n) is 14.3. The zero-order valence-corrected chi connectivity index (χ0v) is 23.3. The topological polar surface area (TPSA) is 87.1 Å². The van der Waals surface area contributed by atoms with Gasteiger partial charge in [-0.25, -0.2) is 0 Å². The minimum Gasteiger partial charge on any atom is -0.456 e. The van der Waals surface area contributed by atoms with Gasteiger partial charge in [0.1, 0.15) is 17.2 Å². The number of carbonyl (C=O) groups is 2. The highest BCUT2D eigenvalue weighted by Gasteiger charge is 2.29. The molecular formula is C37H29N3O3. The number of benzene rings is 5. The van der Waals surface area contributed by atoms with Gasteiger partial charge in [0.2, 0.25) is 11.8 Å². The van der Waals surface area contributed by atoms with Crippen molar-refractivity contribution in [1.29, 1.82) is 0 Å². The van der Waals surface area contributed by atoms with E-state index in [1.807, 2.05) is 134 Å². The molecule has 3 N–H and O–H groups in total. The number of fused-ring (bicyclic) bond motifs is 4. The molecule has 1 atom stereocenters. The summed E-state index contributed by atoms with van der Waals surface area (Å²) in [5.74, 6) is -1.13. The number of furan rings is 1. The van der Waals surface area contributed by atoms with Crippen LogP contribution in [-0.4, -0.2) is 22.8 Å². The Labute approximate surface area is 248 Å². The highest BCUT2D eigenvalue weighted by Crippen LogP contribution is 2.31. The van der Waals surface area contributed by atoms with Crippen LogP contribution in [0.3, 0.4) is 0 Å². The summed E-state index contributed by atoms with van der Waals surface area (Å²) in [7, 11) is 0. The van der Waals surface area contributed by atoms with Crippen molar-refractivity contribution in [3.8, 4) is 0 Å². The first kappa shape index (κ1) is 26.3. The van der Waals surface area contributed by atoms with Crippen LogP contribution in [0.15, 0.2) is 138 Å². The Morgan fingerprint density at radius 1 is 0.651 bits per heavy atom. The number of amides is 2. The molecule has 6 nitrogen and oxygen atoms in total. The lowest BCUT2D eigenvalue weighted by molar-refractivity contribution is -0.126. The second-order valence-corrected chi connectivity index (χ2v) is 10.7. The van der Waals surface area contributed by atoms with E-state index >= 15 is 0 Å². The predicted octanol–water partition coefficient (Wildman–Crippen LogP) is 7.57. The number of aromatic amines is 1. The molecule has 0 bridgehead atoms. The minimum atomic E-state index is -0.840. The van der Waals surface area contributed by atoms with E-state index in [-0.39, 0.29) is 11.8 Å². The van der Waals surface area contributed by atoms with Gasteiger partial charge in [-0.3, -0.25) is 9.59 Å². The Hall–Kier alpha value is -5.62. The van der Waals surface area contributed by atoms with E-state index in [4.69, 9.17) is 4.42 Å². The molecule has 210 valence electrons. The summed E-state index contributed by atoms with van der Waals surface area (Å²) < 4.78 is 6.04. The highest BCUT2D eigenvalue weighted by molar-refractivity contribution is 6.07. The van der Waals surface area contributed by atoms with Gasteiger partial charge in [0.05, 0.1) is 5.92 Å². The maximum absolute atomic E-state index is 14.1. The van der Waals surface area contributed by atoms with Crippen molar-refractivity contribution in [3.63, 3.8) is 0 Å². The van der Waals surface area contributed by atoms with Crippen LogP contribution in [0.5, 0.6) is 0 Å². The molecule has 2 aromatic heterocycles. The molecule has 2 heterocycles. The third kappa shape index (κ3) is 5.26. The quantitative estimate of drug-likeness (QED) is 0.178. The number of nitrogens with one attached hydrogen (secondary N) is 3. The number of para-hydroxylation sites is 2. The molecule has 0 unspecified atom stereocenters. The van der Waals surface area contributed by atoms with Gasteiger partial charge < -0.3 is 20.0 Å². The zero-order chi connectivity index (χ0) is 29.2. The molecule has 6 heteroatoms. The molecule has 43 heavy (non-hydrogen) atoms. The molecule has 0 spiro atoms. The lowest BCUT2D eigenvalue weighted by Crippen LogP contribution is -2.47. The van der Waals surface area contributed by atoms with E-state index in [1.54, 1.807) is 0 Å². The lowest BCUT2D eigenvalue weighted by atomic mass is 9.90. The Kier molecular flexibility index (Phi) is 6.93. The van der Waals surface area contributed by atoms with Gasteiger partial charge in [0.15, 0.2) is 0 Å². The second kappa shape index (κ2) is 11.3. The van der Waals surface area contributed by atoms with Crippen molar-refractivity contribution in [2.24, 2.45) is 0 Å². The third-order valence-corrected chi connectivity index (χ3v) is 7.91.